The first kappa shape index (κ1) is 12.6. The zero-order chi connectivity index (χ0) is 9.78. The second kappa shape index (κ2) is 11.6. The summed E-state index contributed by atoms with van der Waals surface area (Å²) < 4.78 is 10.1. The van der Waals surface area contributed by atoms with Gasteiger partial charge in [-0.3, -0.25) is 5.32 Å². The molecule has 0 aliphatic rings. The van der Waals surface area contributed by atoms with Crippen LogP contribution in [0.1, 0.15) is 19.3 Å². The molecule has 0 aromatic carbocycles. The van der Waals surface area contributed by atoms with Crippen LogP contribution in [0.25, 0.3) is 0 Å². The van der Waals surface area contributed by atoms with Crippen molar-refractivity contribution in [2.24, 2.45) is 0 Å². The van der Waals surface area contributed by atoms with Gasteiger partial charge in [-0.25, -0.2) is 0 Å². The number of unbranched alkanes of at least 4 members (excludes halogenated alkanes) is 1. The summed E-state index contributed by atoms with van der Waals surface area (Å²) in [6.45, 7) is 2.89. The molecule has 0 aliphatic carbocycles. The Labute approximate surface area is 79.6 Å². The van der Waals surface area contributed by atoms with E-state index in [1.807, 2.05) is 0 Å². The summed E-state index contributed by atoms with van der Waals surface area (Å²) in [6.07, 6.45) is 3.30. The molecular formula is C9H19NO3. The van der Waals surface area contributed by atoms with Crippen molar-refractivity contribution in [2.45, 2.75) is 19.3 Å². The predicted octanol–water partition coefficient (Wildman–Crippen LogP) is 0.566. The smallest absolute Gasteiger partial charge is 0.120 e. The number of hydrogen-bond donors (Lipinski definition) is 1. The van der Waals surface area contributed by atoms with Crippen LogP contribution in [0.2, 0.25) is 0 Å². The topological polar surface area (TPSA) is 47.6 Å². The van der Waals surface area contributed by atoms with Gasteiger partial charge in [0.15, 0.2) is 0 Å². The Morgan fingerprint density at radius 1 is 1.31 bits per heavy atom. The average Bonchev–Trinajstić information content (AvgIpc) is 2.16. The summed E-state index contributed by atoms with van der Waals surface area (Å²) in [5.74, 6) is 0. The van der Waals surface area contributed by atoms with Crippen LogP contribution in [0, 0.1) is 0 Å². The highest BCUT2D eigenvalue weighted by molar-refractivity contribution is 5.48. The van der Waals surface area contributed by atoms with Crippen molar-refractivity contribution in [1.29, 1.82) is 0 Å². The van der Waals surface area contributed by atoms with Crippen molar-refractivity contribution in [3.63, 3.8) is 0 Å². The maximum absolute atomic E-state index is 9.93. The highest BCUT2D eigenvalue weighted by Crippen LogP contribution is 1.85. The van der Waals surface area contributed by atoms with Crippen molar-refractivity contribution >= 4 is 6.29 Å². The van der Waals surface area contributed by atoms with Crippen LogP contribution in [0.4, 0.5) is 0 Å². The lowest BCUT2D eigenvalue weighted by Gasteiger charge is -2.04. The molecule has 0 aromatic heterocycles. The monoisotopic (exact) mass is 189 g/mol. The molecule has 0 radical (unpaired) electrons. The van der Waals surface area contributed by atoms with Gasteiger partial charge in [-0.2, -0.15) is 0 Å². The maximum atomic E-state index is 9.93. The number of methoxy groups -OCH3 is 1. The number of rotatable bonds is 10. The van der Waals surface area contributed by atoms with Crippen molar-refractivity contribution < 1.29 is 14.3 Å². The van der Waals surface area contributed by atoms with Gasteiger partial charge in [0, 0.05) is 26.7 Å². The van der Waals surface area contributed by atoms with Crippen molar-refractivity contribution in [3.8, 4) is 0 Å². The van der Waals surface area contributed by atoms with Crippen LogP contribution in [0.3, 0.4) is 0 Å². The number of carbonyl (C=O) groups excluding carboxylic acids is 1. The van der Waals surface area contributed by atoms with Crippen LogP contribution in [-0.2, 0) is 14.3 Å². The van der Waals surface area contributed by atoms with Gasteiger partial charge in [-0.15, -0.1) is 0 Å². The molecule has 0 amide bonds. The van der Waals surface area contributed by atoms with Gasteiger partial charge in [0.25, 0.3) is 0 Å². The number of carbonyl (C=O) groups is 1. The summed E-state index contributed by atoms with van der Waals surface area (Å²) >= 11 is 0. The standard InChI is InChI=1S/C9H19NO3/c1-12-7-4-5-10-9-13-8-3-2-6-11/h6,10H,2-5,7-9H2,1H3. The second-order valence-corrected chi connectivity index (χ2v) is 2.71. The molecule has 0 rings (SSSR count). The first-order valence-electron chi connectivity index (χ1n) is 4.63. The number of nitrogens with one attached hydrogen (secondary N) is 1. The fourth-order valence-corrected chi connectivity index (χ4v) is 0.827. The molecule has 0 saturated heterocycles. The third-order valence-electron chi connectivity index (χ3n) is 1.52. The lowest BCUT2D eigenvalue weighted by molar-refractivity contribution is -0.108. The van der Waals surface area contributed by atoms with Gasteiger partial charge in [-0.1, -0.05) is 0 Å². The van der Waals surface area contributed by atoms with Crippen LogP contribution in [0.5, 0.6) is 0 Å². The van der Waals surface area contributed by atoms with Crippen LogP contribution in [0.15, 0.2) is 0 Å². The van der Waals surface area contributed by atoms with Crippen LogP contribution >= 0.6 is 0 Å². The van der Waals surface area contributed by atoms with Crippen molar-refractivity contribution in [2.75, 3.05) is 33.6 Å². The summed E-state index contributed by atoms with van der Waals surface area (Å²) in [5.41, 5.74) is 0. The normalized spacial score (nSPS) is 10.2. The van der Waals surface area contributed by atoms with Gasteiger partial charge in [0.1, 0.15) is 6.29 Å². The predicted molar refractivity (Wildman–Crippen MR) is 50.6 cm³/mol. The largest absolute Gasteiger partial charge is 0.385 e. The van der Waals surface area contributed by atoms with E-state index in [9.17, 15) is 4.79 Å². The van der Waals surface area contributed by atoms with E-state index in [1.54, 1.807) is 7.11 Å². The molecule has 0 unspecified atom stereocenters. The van der Waals surface area contributed by atoms with Gasteiger partial charge >= 0.3 is 0 Å². The van der Waals surface area contributed by atoms with Crippen LogP contribution < -0.4 is 5.32 Å². The number of hydrogen-bond acceptors (Lipinski definition) is 4. The Balaban J connectivity index is 2.79. The molecule has 4 nitrogen and oxygen atoms in total. The first-order valence-corrected chi connectivity index (χ1v) is 4.63. The quantitative estimate of drug-likeness (QED) is 0.310. The Morgan fingerprint density at radius 3 is 2.85 bits per heavy atom. The third kappa shape index (κ3) is 11.5. The molecule has 13 heavy (non-hydrogen) atoms. The number of ether oxygens (including phenoxy) is 2. The van der Waals surface area contributed by atoms with E-state index in [2.05, 4.69) is 5.32 Å². The molecule has 0 aliphatic heterocycles. The molecular weight excluding hydrogens is 170 g/mol. The fourth-order valence-electron chi connectivity index (χ4n) is 0.827. The third-order valence-corrected chi connectivity index (χ3v) is 1.52. The van der Waals surface area contributed by atoms with E-state index >= 15 is 0 Å². The molecule has 1 N–H and O–H groups in total. The molecule has 0 spiro atoms. The molecule has 0 fully saturated rings. The highest BCUT2D eigenvalue weighted by atomic mass is 16.5. The lowest BCUT2D eigenvalue weighted by atomic mass is 10.3. The maximum Gasteiger partial charge on any atom is 0.120 e. The summed E-state index contributed by atoms with van der Waals surface area (Å²) in [6, 6.07) is 0. The lowest BCUT2D eigenvalue weighted by Crippen LogP contribution is -2.20. The minimum Gasteiger partial charge on any atom is -0.385 e. The molecule has 0 saturated carbocycles. The Hall–Kier alpha value is -0.450. The zero-order valence-electron chi connectivity index (χ0n) is 8.25. The molecule has 78 valence electrons. The molecule has 0 heterocycles. The Bertz CT molecular complexity index is 109. The van der Waals surface area contributed by atoms with Gasteiger partial charge in [0.05, 0.1) is 6.73 Å². The summed E-state index contributed by atoms with van der Waals surface area (Å²) in [5, 5.41) is 3.11. The van der Waals surface area contributed by atoms with E-state index in [0.717, 1.165) is 32.3 Å². The average molecular weight is 189 g/mol. The van der Waals surface area contributed by atoms with Crippen molar-refractivity contribution in [1.82, 2.24) is 5.32 Å². The minimum atomic E-state index is 0.558. The molecule has 4 heteroatoms. The molecule has 0 aromatic rings. The Morgan fingerprint density at radius 2 is 2.15 bits per heavy atom. The van der Waals surface area contributed by atoms with E-state index in [0.29, 0.717) is 19.8 Å². The van der Waals surface area contributed by atoms with E-state index in [-0.39, 0.29) is 0 Å². The first-order chi connectivity index (χ1) is 6.41. The van der Waals surface area contributed by atoms with E-state index in [1.165, 1.54) is 0 Å². The fraction of sp³-hybridized carbons (Fsp3) is 0.889. The van der Waals surface area contributed by atoms with E-state index in [4.69, 9.17) is 9.47 Å². The Kier molecular flexibility index (Phi) is 11.2. The van der Waals surface area contributed by atoms with Gasteiger partial charge in [0.2, 0.25) is 0 Å². The number of aldehydes is 1. The molecule has 0 bridgehead atoms. The second-order valence-electron chi connectivity index (χ2n) is 2.71. The van der Waals surface area contributed by atoms with E-state index < -0.39 is 0 Å². The summed E-state index contributed by atoms with van der Waals surface area (Å²) in [4.78, 5) is 9.93. The zero-order valence-corrected chi connectivity index (χ0v) is 8.25. The SMILES string of the molecule is COCCCNCOCCCC=O. The minimum absolute atomic E-state index is 0.558. The van der Waals surface area contributed by atoms with Gasteiger partial charge < -0.3 is 14.3 Å². The van der Waals surface area contributed by atoms with Crippen molar-refractivity contribution in [3.05, 3.63) is 0 Å². The van der Waals surface area contributed by atoms with Gasteiger partial charge in [-0.05, 0) is 19.4 Å². The highest BCUT2D eigenvalue weighted by Gasteiger charge is 1.88. The molecule has 0 atom stereocenters. The van der Waals surface area contributed by atoms with Crippen LogP contribution in [-0.4, -0.2) is 39.9 Å². The summed E-state index contributed by atoms with van der Waals surface area (Å²) in [7, 11) is 1.69.